The molecule has 0 aromatic heterocycles. The van der Waals surface area contributed by atoms with Crippen LogP contribution in [-0.4, -0.2) is 41.5 Å². The summed E-state index contributed by atoms with van der Waals surface area (Å²) in [4.78, 5) is 24.2. The van der Waals surface area contributed by atoms with E-state index in [1.807, 2.05) is 13.0 Å². The Morgan fingerprint density at radius 1 is 1.47 bits per heavy atom. The molecule has 6 heteroatoms. The first kappa shape index (κ1) is 13.8. The average Bonchev–Trinajstić information content (AvgIpc) is 2.27. The Balaban J connectivity index is 1.82. The zero-order chi connectivity index (χ0) is 14.0. The number of nitrogens with zero attached hydrogens (tertiary/aromatic N) is 1. The summed E-state index contributed by atoms with van der Waals surface area (Å²) in [6, 6.07) is 5.32. The second kappa shape index (κ2) is 5.59. The van der Waals surface area contributed by atoms with Gasteiger partial charge in [0.1, 0.15) is 0 Å². The molecule has 0 radical (unpaired) electrons. The van der Waals surface area contributed by atoms with Gasteiger partial charge in [-0.25, -0.2) is 0 Å². The maximum absolute atomic E-state index is 11.7. The monoisotopic (exact) mass is 282 g/mol. The van der Waals surface area contributed by atoms with Gasteiger partial charge in [0.25, 0.3) is 0 Å². The molecule has 0 unspecified atom stereocenters. The predicted molar refractivity (Wildman–Crippen MR) is 72.4 cm³/mol. The van der Waals surface area contributed by atoms with Crippen LogP contribution in [0.3, 0.4) is 0 Å². The summed E-state index contributed by atoms with van der Waals surface area (Å²) in [5.41, 5.74) is 1.60. The molecule has 1 aromatic rings. The van der Waals surface area contributed by atoms with Gasteiger partial charge in [0.15, 0.2) is 0 Å². The summed E-state index contributed by atoms with van der Waals surface area (Å²) in [7, 11) is 0. The summed E-state index contributed by atoms with van der Waals surface area (Å²) >= 11 is 5.97. The summed E-state index contributed by atoms with van der Waals surface area (Å²) in [6.45, 7) is 2.95. The van der Waals surface area contributed by atoms with E-state index in [2.05, 4.69) is 5.32 Å². The molecule has 1 heterocycles. The van der Waals surface area contributed by atoms with Gasteiger partial charge in [-0.15, -0.1) is 0 Å². The molecule has 2 rings (SSSR count). The van der Waals surface area contributed by atoms with Crippen molar-refractivity contribution in [3.63, 3.8) is 0 Å². The molecule has 0 spiro atoms. The number of carbonyl (C=O) groups is 2. The van der Waals surface area contributed by atoms with Gasteiger partial charge in [0, 0.05) is 23.8 Å². The smallest absolute Gasteiger partial charge is 0.309 e. The Bertz CT molecular complexity index is 513. The molecule has 0 aliphatic carbocycles. The van der Waals surface area contributed by atoms with Crippen LogP contribution < -0.4 is 5.32 Å². The second-order valence-corrected chi connectivity index (χ2v) is 5.15. The Hall–Kier alpha value is -1.59. The number of aryl methyl sites for hydroxylation is 1. The van der Waals surface area contributed by atoms with E-state index in [9.17, 15) is 9.59 Å². The van der Waals surface area contributed by atoms with Crippen LogP contribution in [0.2, 0.25) is 5.02 Å². The molecule has 0 bridgehead atoms. The lowest BCUT2D eigenvalue weighted by molar-refractivity contribution is -0.148. The first-order valence-corrected chi connectivity index (χ1v) is 6.34. The fraction of sp³-hybridized carbons (Fsp3) is 0.385. The number of rotatable bonds is 4. The number of aliphatic carboxylic acids is 1. The standard InChI is InChI=1S/C13H15ClN2O3/c1-8-2-3-10(4-11(8)14)15-12(17)7-16-5-9(6-16)13(18)19/h2-4,9H,5-7H2,1H3,(H,15,17)(H,18,19). The van der Waals surface area contributed by atoms with Gasteiger partial charge >= 0.3 is 5.97 Å². The first-order chi connectivity index (χ1) is 8.95. The van der Waals surface area contributed by atoms with Crippen LogP contribution in [0.25, 0.3) is 0 Å². The van der Waals surface area contributed by atoms with Crippen LogP contribution in [0.5, 0.6) is 0 Å². The summed E-state index contributed by atoms with van der Waals surface area (Å²) in [6.07, 6.45) is 0. The van der Waals surface area contributed by atoms with Crippen molar-refractivity contribution < 1.29 is 14.7 Å². The van der Waals surface area contributed by atoms with Crippen LogP contribution in [-0.2, 0) is 9.59 Å². The van der Waals surface area contributed by atoms with Crippen molar-refractivity contribution in [2.75, 3.05) is 25.0 Å². The Morgan fingerprint density at radius 3 is 2.74 bits per heavy atom. The largest absolute Gasteiger partial charge is 0.481 e. The maximum Gasteiger partial charge on any atom is 0.309 e. The Labute approximate surface area is 116 Å². The number of carbonyl (C=O) groups excluding carboxylic acids is 1. The van der Waals surface area contributed by atoms with E-state index >= 15 is 0 Å². The topological polar surface area (TPSA) is 69.6 Å². The third kappa shape index (κ3) is 3.45. The number of carboxylic acids is 1. The highest BCUT2D eigenvalue weighted by atomic mass is 35.5. The van der Waals surface area contributed by atoms with Crippen molar-refractivity contribution in [2.24, 2.45) is 5.92 Å². The number of benzene rings is 1. The van der Waals surface area contributed by atoms with Gasteiger partial charge in [-0.1, -0.05) is 17.7 Å². The minimum Gasteiger partial charge on any atom is -0.481 e. The fourth-order valence-corrected chi connectivity index (χ4v) is 2.11. The van der Waals surface area contributed by atoms with Gasteiger partial charge in [-0.3, -0.25) is 14.5 Å². The molecule has 5 nitrogen and oxygen atoms in total. The van der Waals surface area contributed by atoms with E-state index in [-0.39, 0.29) is 18.4 Å². The van der Waals surface area contributed by atoms with Crippen LogP contribution in [0.15, 0.2) is 18.2 Å². The number of halogens is 1. The highest BCUT2D eigenvalue weighted by Gasteiger charge is 2.33. The minimum absolute atomic E-state index is 0.163. The predicted octanol–water partition coefficient (Wildman–Crippen LogP) is 1.60. The number of hydrogen-bond acceptors (Lipinski definition) is 3. The van der Waals surface area contributed by atoms with Gasteiger partial charge in [0.2, 0.25) is 5.91 Å². The van der Waals surface area contributed by atoms with Crippen molar-refractivity contribution in [1.29, 1.82) is 0 Å². The number of hydrogen-bond donors (Lipinski definition) is 2. The van der Waals surface area contributed by atoms with Crippen molar-refractivity contribution in [3.8, 4) is 0 Å². The molecular weight excluding hydrogens is 268 g/mol. The van der Waals surface area contributed by atoms with Crippen molar-refractivity contribution in [3.05, 3.63) is 28.8 Å². The van der Waals surface area contributed by atoms with E-state index in [1.165, 1.54) is 0 Å². The lowest BCUT2D eigenvalue weighted by Crippen LogP contribution is -2.52. The van der Waals surface area contributed by atoms with Gasteiger partial charge in [0.05, 0.1) is 12.5 Å². The maximum atomic E-state index is 11.7. The first-order valence-electron chi connectivity index (χ1n) is 5.97. The summed E-state index contributed by atoms with van der Waals surface area (Å²) in [5, 5.41) is 12.1. The zero-order valence-corrected chi connectivity index (χ0v) is 11.3. The van der Waals surface area contributed by atoms with Crippen LogP contribution in [0.1, 0.15) is 5.56 Å². The number of likely N-dealkylation sites (tertiary alicyclic amines) is 1. The number of anilines is 1. The second-order valence-electron chi connectivity index (χ2n) is 4.74. The highest BCUT2D eigenvalue weighted by Crippen LogP contribution is 2.20. The SMILES string of the molecule is Cc1ccc(NC(=O)CN2CC(C(=O)O)C2)cc1Cl. The molecular formula is C13H15ClN2O3. The molecule has 1 saturated heterocycles. The Morgan fingerprint density at radius 2 is 2.16 bits per heavy atom. The summed E-state index contributed by atoms with van der Waals surface area (Å²) < 4.78 is 0. The van der Waals surface area contributed by atoms with Crippen molar-refractivity contribution >= 4 is 29.2 Å². The van der Waals surface area contributed by atoms with E-state index < -0.39 is 5.97 Å². The highest BCUT2D eigenvalue weighted by molar-refractivity contribution is 6.31. The minimum atomic E-state index is -0.804. The molecule has 1 aliphatic rings. The lowest BCUT2D eigenvalue weighted by atomic mass is 10.0. The van der Waals surface area contributed by atoms with Crippen LogP contribution >= 0.6 is 11.6 Å². The third-order valence-electron chi connectivity index (χ3n) is 3.13. The third-order valence-corrected chi connectivity index (χ3v) is 3.54. The van der Waals surface area contributed by atoms with Crippen molar-refractivity contribution in [2.45, 2.75) is 6.92 Å². The normalized spacial score (nSPS) is 15.9. The molecule has 0 atom stereocenters. The van der Waals surface area contributed by atoms with E-state index in [0.29, 0.717) is 23.8 Å². The van der Waals surface area contributed by atoms with Crippen LogP contribution in [0.4, 0.5) is 5.69 Å². The van der Waals surface area contributed by atoms with E-state index in [4.69, 9.17) is 16.7 Å². The fourth-order valence-electron chi connectivity index (χ4n) is 1.93. The molecule has 2 N–H and O–H groups in total. The van der Waals surface area contributed by atoms with Crippen LogP contribution in [0, 0.1) is 12.8 Å². The van der Waals surface area contributed by atoms with Crippen molar-refractivity contribution in [1.82, 2.24) is 4.90 Å². The van der Waals surface area contributed by atoms with E-state index in [0.717, 1.165) is 5.56 Å². The molecule has 102 valence electrons. The zero-order valence-electron chi connectivity index (χ0n) is 10.5. The molecule has 1 amide bonds. The van der Waals surface area contributed by atoms with E-state index in [1.54, 1.807) is 17.0 Å². The molecule has 0 saturated carbocycles. The van der Waals surface area contributed by atoms with Gasteiger partial charge < -0.3 is 10.4 Å². The molecule has 1 aromatic carbocycles. The quantitative estimate of drug-likeness (QED) is 0.880. The van der Waals surface area contributed by atoms with Gasteiger partial charge in [-0.05, 0) is 24.6 Å². The average molecular weight is 283 g/mol. The lowest BCUT2D eigenvalue weighted by Gasteiger charge is -2.35. The molecule has 1 aliphatic heterocycles. The summed E-state index contributed by atoms with van der Waals surface area (Å²) in [5.74, 6) is -1.31. The Kier molecular flexibility index (Phi) is 4.07. The van der Waals surface area contributed by atoms with Gasteiger partial charge in [-0.2, -0.15) is 0 Å². The number of amides is 1. The number of carboxylic acid groups (broad SMARTS) is 1. The number of nitrogens with one attached hydrogen (secondary N) is 1. The molecule has 19 heavy (non-hydrogen) atoms. The molecule has 1 fully saturated rings.